The molecule has 5 rings (SSSR count). The summed E-state index contributed by atoms with van der Waals surface area (Å²) in [5, 5.41) is 3.72. The Labute approximate surface area is 196 Å². The normalized spacial score (nSPS) is 21.8. The second-order valence-electron chi connectivity index (χ2n) is 7.67. The number of fused-ring (bicyclic) bond motifs is 2. The van der Waals surface area contributed by atoms with Crippen LogP contribution in [0.4, 0.5) is 0 Å². The third-order valence-electron chi connectivity index (χ3n) is 5.97. The Bertz CT molecular complexity index is 1410. The van der Waals surface area contributed by atoms with Crippen LogP contribution in [-0.4, -0.2) is 16.4 Å². The molecular formula is C26H17Br2NO2. The number of carbonyl (C=O) groups is 2. The summed E-state index contributed by atoms with van der Waals surface area (Å²) < 4.78 is 0.208. The van der Waals surface area contributed by atoms with Gasteiger partial charge in [0.25, 0.3) is 0 Å². The molecule has 0 heterocycles. The number of alkyl halides is 1. The van der Waals surface area contributed by atoms with Crippen LogP contribution >= 0.6 is 31.9 Å². The smallest absolute Gasteiger partial charge is 0.196 e. The molecule has 0 fully saturated rings. The summed E-state index contributed by atoms with van der Waals surface area (Å²) in [6, 6.07) is 26.9. The highest BCUT2D eigenvalue weighted by Crippen LogP contribution is 2.45. The summed E-state index contributed by atoms with van der Waals surface area (Å²) in [5.74, 6) is -0.550. The van der Waals surface area contributed by atoms with Gasteiger partial charge in [0.15, 0.2) is 11.6 Å². The molecule has 5 heteroatoms. The van der Waals surface area contributed by atoms with Crippen molar-refractivity contribution in [1.29, 1.82) is 0 Å². The fourth-order valence-corrected chi connectivity index (χ4v) is 5.81. The van der Waals surface area contributed by atoms with E-state index in [1.54, 1.807) is 0 Å². The van der Waals surface area contributed by atoms with E-state index < -0.39 is 10.4 Å². The molecular weight excluding hydrogens is 518 g/mol. The van der Waals surface area contributed by atoms with Gasteiger partial charge < -0.3 is 5.73 Å². The van der Waals surface area contributed by atoms with Crippen molar-refractivity contribution in [3.8, 4) is 0 Å². The lowest BCUT2D eigenvalue weighted by Gasteiger charge is -2.37. The zero-order valence-electron chi connectivity index (χ0n) is 16.3. The van der Waals surface area contributed by atoms with E-state index in [1.165, 1.54) is 0 Å². The number of Topliss-reactive ketones (excluding diaryl/α,β-unsaturated/α-hetero) is 2. The number of hydrogen-bond acceptors (Lipinski definition) is 3. The fourth-order valence-electron chi connectivity index (χ4n) is 4.39. The minimum Gasteiger partial charge on any atom is -0.314 e. The van der Waals surface area contributed by atoms with Crippen molar-refractivity contribution in [1.82, 2.24) is 0 Å². The third-order valence-corrected chi connectivity index (χ3v) is 7.86. The molecule has 31 heavy (non-hydrogen) atoms. The van der Waals surface area contributed by atoms with Gasteiger partial charge in [0.1, 0.15) is 10.4 Å². The zero-order chi connectivity index (χ0) is 21.8. The topological polar surface area (TPSA) is 60.2 Å². The van der Waals surface area contributed by atoms with Gasteiger partial charge in [-0.3, -0.25) is 9.59 Å². The maximum atomic E-state index is 13.8. The van der Waals surface area contributed by atoms with Crippen molar-refractivity contribution in [3.05, 3.63) is 101 Å². The number of ketones is 2. The van der Waals surface area contributed by atoms with E-state index in [2.05, 4.69) is 31.9 Å². The van der Waals surface area contributed by atoms with Gasteiger partial charge in [-0.1, -0.05) is 101 Å². The molecule has 1 aliphatic rings. The van der Waals surface area contributed by atoms with Crippen molar-refractivity contribution >= 4 is 70.5 Å². The van der Waals surface area contributed by atoms with Crippen LogP contribution in [0.3, 0.4) is 0 Å². The standard InChI is InChI=1S/C26H17Br2NO2/c27-22-21(19-13-5-9-15-7-1-3-11-17(15)19)23(30)24(28)26(29,25(22)31)20-14-6-10-16-8-2-4-12-18(16)20/h1-14,24H,29H2. The van der Waals surface area contributed by atoms with Crippen LogP contribution in [0.2, 0.25) is 0 Å². The Kier molecular flexibility index (Phi) is 4.93. The molecule has 0 saturated heterocycles. The summed E-state index contributed by atoms with van der Waals surface area (Å²) in [7, 11) is 0. The van der Waals surface area contributed by atoms with Crippen molar-refractivity contribution in [3.63, 3.8) is 0 Å². The Morgan fingerprint density at radius 1 is 0.742 bits per heavy atom. The molecule has 3 nitrogen and oxygen atoms in total. The zero-order valence-corrected chi connectivity index (χ0v) is 19.5. The van der Waals surface area contributed by atoms with Gasteiger partial charge in [0.05, 0.1) is 4.48 Å². The molecule has 0 saturated carbocycles. The number of halogens is 2. The summed E-state index contributed by atoms with van der Waals surface area (Å²) in [6.07, 6.45) is 0. The van der Waals surface area contributed by atoms with E-state index in [1.807, 2.05) is 84.9 Å². The predicted octanol–water partition coefficient (Wildman–Crippen LogP) is 5.87. The lowest BCUT2D eigenvalue weighted by atomic mass is 9.73. The molecule has 0 bridgehead atoms. The average Bonchev–Trinajstić information content (AvgIpc) is 2.81. The van der Waals surface area contributed by atoms with Gasteiger partial charge in [-0.25, -0.2) is 0 Å². The minimum atomic E-state index is -1.54. The molecule has 2 unspecified atom stereocenters. The summed E-state index contributed by atoms with van der Waals surface area (Å²) in [6.45, 7) is 0. The highest BCUT2D eigenvalue weighted by atomic mass is 79.9. The van der Waals surface area contributed by atoms with E-state index in [0.717, 1.165) is 21.5 Å². The van der Waals surface area contributed by atoms with Gasteiger partial charge >= 0.3 is 0 Å². The summed E-state index contributed by atoms with van der Waals surface area (Å²) in [4.78, 5) is 26.5. The van der Waals surface area contributed by atoms with Crippen LogP contribution in [0, 0.1) is 0 Å². The quantitative estimate of drug-likeness (QED) is 0.327. The molecule has 4 aromatic rings. The Hall–Kier alpha value is -2.60. The Morgan fingerprint density at radius 3 is 2.00 bits per heavy atom. The fraction of sp³-hybridized carbons (Fsp3) is 0.0769. The van der Waals surface area contributed by atoms with Gasteiger partial charge in [-0.05, 0) is 48.6 Å². The lowest BCUT2D eigenvalue weighted by Crippen LogP contribution is -2.57. The van der Waals surface area contributed by atoms with Crippen molar-refractivity contribution in [2.24, 2.45) is 5.73 Å². The van der Waals surface area contributed by atoms with Crippen LogP contribution in [0.5, 0.6) is 0 Å². The molecule has 152 valence electrons. The second kappa shape index (κ2) is 7.52. The average molecular weight is 535 g/mol. The SMILES string of the molecule is NC1(c2cccc3ccccc23)C(=O)C(Br)=C(c2cccc3ccccc23)C(=O)C1Br. The first-order chi connectivity index (χ1) is 14.9. The molecule has 0 aliphatic heterocycles. The number of nitrogens with two attached hydrogens (primary N) is 1. The maximum Gasteiger partial charge on any atom is 0.196 e. The monoisotopic (exact) mass is 533 g/mol. The molecule has 2 atom stereocenters. The Balaban J connectivity index is 1.76. The number of benzene rings is 4. The van der Waals surface area contributed by atoms with Crippen molar-refractivity contribution in [2.45, 2.75) is 10.4 Å². The molecule has 0 spiro atoms. The maximum absolute atomic E-state index is 13.8. The highest BCUT2D eigenvalue weighted by Gasteiger charge is 2.53. The van der Waals surface area contributed by atoms with E-state index in [-0.39, 0.29) is 16.0 Å². The molecule has 0 amide bonds. The number of allylic oxidation sites excluding steroid dienone is 1. The van der Waals surface area contributed by atoms with Gasteiger partial charge in [0.2, 0.25) is 0 Å². The van der Waals surface area contributed by atoms with Gasteiger partial charge in [-0.15, -0.1) is 0 Å². The van der Waals surface area contributed by atoms with E-state index in [0.29, 0.717) is 16.7 Å². The molecule has 4 aromatic carbocycles. The van der Waals surface area contributed by atoms with Crippen LogP contribution in [0.1, 0.15) is 11.1 Å². The number of rotatable bonds is 2. The number of carbonyl (C=O) groups excluding carboxylic acids is 2. The first-order valence-corrected chi connectivity index (χ1v) is 11.5. The predicted molar refractivity (Wildman–Crippen MR) is 132 cm³/mol. The molecule has 2 N–H and O–H groups in total. The van der Waals surface area contributed by atoms with Gasteiger partial charge in [0, 0.05) is 5.57 Å². The molecule has 1 aliphatic carbocycles. The van der Waals surface area contributed by atoms with E-state index in [9.17, 15) is 9.59 Å². The largest absolute Gasteiger partial charge is 0.314 e. The molecule has 0 radical (unpaired) electrons. The van der Waals surface area contributed by atoms with Crippen molar-refractivity contribution in [2.75, 3.05) is 0 Å². The van der Waals surface area contributed by atoms with E-state index in [4.69, 9.17) is 5.73 Å². The van der Waals surface area contributed by atoms with Crippen molar-refractivity contribution < 1.29 is 9.59 Å². The summed E-state index contributed by atoms with van der Waals surface area (Å²) >= 11 is 6.97. The van der Waals surface area contributed by atoms with Gasteiger partial charge in [-0.2, -0.15) is 0 Å². The number of hydrogen-bond donors (Lipinski definition) is 1. The van der Waals surface area contributed by atoms with E-state index >= 15 is 0 Å². The first-order valence-electron chi connectivity index (χ1n) is 9.82. The second-order valence-corrected chi connectivity index (χ2v) is 9.38. The first kappa shape index (κ1) is 20.3. The van der Waals surface area contributed by atoms with Crippen LogP contribution in [0.15, 0.2) is 89.4 Å². The highest BCUT2D eigenvalue weighted by molar-refractivity contribution is 9.12. The molecule has 0 aromatic heterocycles. The summed E-state index contributed by atoms with van der Waals surface area (Å²) in [5.41, 5.74) is 6.94. The van der Waals surface area contributed by atoms with Crippen LogP contribution < -0.4 is 5.73 Å². The lowest BCUT2D eigenvalue weighted by molar-refractivity contribution is -0.125. The third kappa shape index (κ3) is 2.95. The van der Waals surface area contributed by atoms with Crippen LogP contribution in [-0.2, 0) is 15.1 Å². The Morgan fingerprint density at radius 2 is 1.29 bits per heavy atom. The van der Waals surface area contributed by atoms with Crippen LogP contribution in [0.25, 0.3) is 27.1 Å². The minimum absolute atomic E-state index is 0.208.